The largest absolute Gasteiger partial charge is 0.353 e. The fourth-order valence-electron chi connectivity index (χ4n) is 2.65. The number of aliphatic imine (C=N–C) groups is 1. The predicted octanol–water partition coefficient (Wildman–Crippen LogP) is 1.92. The first-order valence-electron chi connectivity index (χ1n) is 7.09. The maximum atomic E-state index is 5.54. The Morgan fingerprint density at radius 2 is 1.94 bits per heavy atom. The van der Waals surface area contributed by atoms with E-state index < -0.39 is 0 Å². The van der Waals surface area contributed by atoms with Crippen LogP contribution < -0.4 is 16.6 Å². The maximum absolute atomic E-state index is 5.54. The molecule has 0 spiro atoms. The van der Waals surface area contributed by atoms with Gasteiger partial charge in [0.05, 0.1) is 6.04 Å². The van der Waals surface area contributed by atoms with E-state index in [1.807, 2.05) is 0 Å². The molecule has 2 aliphatic carbocycles. The summed E-state index contributed by atoms with van der Waals surface area (Å²) in [5.41, 5.74) is 2.71. The zero-order valence-corrected chi connectivity index (χ0v) is 10.9. The molecule has 1 unspecified atom stereocenters. The molecule has 0 heterocycles. The first kappa shape index (κ1) is 12.7. The number of hydrogen-bond donors (Lipinski definition) is 3. The topological polar surface area (TPSA) is 62.4 Å². The van der Waals surface area contributed by atoms with Crippen LogP contribution in [-0.2, 0) is 0 Å². The van der Waals surface area contributed by atoms with Gasteiger partial charge in [0.2, 0.25) is 5.96 Å². The Kier molecular flexibility index (Phi) is 4.66. The molecule has 0 saturated heterocycles. The lowest BCUT2D eigenvalue weighted by molar-refractivity contribution is 0.439. The molecule has 4 heteroatoms. The summed E-state index contributed by atoms with van der Waals surface area (Å²) >= 11 is 0. The average molecular weight is 238 g/mol. The van der Waals surface area contributed by atoms with Crippen LogP contribution >= 0.6 is 0 Å². The fraction of sp³-hybridized carbons (Fsp3) is 0.923. The molecule has 2 fully saturated rings. The Morgan fingerprint density at radius 1 is 1.24 bits per heavy atom. The van der Waals surface area contributed by atoms with E-state index in [2.05, 4.69) is 17.7 Å². The molecule has 4 N–H and O–H groups in total. The van der Waals surface area contributed by atoms with Crippen molar-refractivity contribution in [1.82, 2.24) is 10.7 Å². The van der Waals surface area contributed by atoms with Crippen LogP contribution in [0.3, 0.4) is 0 Å². The molecule has 2 rings (SSSR count). The van der Waals surface area contributed by atoms with Gasteiger partial charge in [-0.3, -0.25) is 5.43 Å². The van der Waals surface area contributed by atoms with Gasteiger partial charge in [-0.15, -0.1) is 0 Å². The highest BCUT2D eigenvalue weighted by atomic mass is 15.3. The van der Waals surface area contributed by atoms with Crippen molar-refractivity contribution in [1.29, 1.82) is 0 Å². The van der Waals surface area contributed by atoms with Gasteiger partial charge in [-0.1, -0.05) is 32.1 Å². The Labute approximate surface area is 104 Å². The van der Waals surface area contributed by atoms with Crippen LogP contribution in [0.15, 0.2) is 4.99 Å². The second-order valence-corrected chi connectivity index (χ2v) is 5.64. The molecule has 0 aromatic rings. The molecule has 17 heavy (non-hydrogen) atoms. The van der Waals surface area contributed by atoms with E-state index in [0.29, 0.717) is 12.1 Å². The molecule has 0 aromatic heterocycles. The molecule has 2 saturated carbocycles. The molecule has 0 bridgehead atoms. The first-order valence-corrected chi connectivity index (χ1v) is 7.09. The summed E-state index contributed by atoms with van der Waals surface area (Å²) in [6, 6.07) is 0.941. The number of guanidine groups is 1. The van der Waals surface area contributed by atoms with E-state index >= 15 is 0 Å². The van der Waals surface area contributed by atoms with Crippen molar-refractivity contribution in [2.45, 2.75) is 70.4 Å². The van der Waals surface area contributed by atoms with Gasteiger partial charge in [-0.2, -0.15) is 0 Å². The summed E-state index contributed by atoms with van der Waals surface area (Å²) in [6.45, 7) is 2.21. The lowest BCUT2D eigenvalue weighted by Gasteiger charge is -2.21. The van der Waals surface area contributed by atoms with Crippen molar-refractivity contribution in [2.24, 2.45) is 16.8 Å². The number of nitrogens with two attached hydrogens (primary N) is 1. The molecule has 4 nitrogen and oxygen atoms in total. The average Bonchev–Trinajstić information content (AvgIpc) is 3.13. The number of hydrogen-bond acceptors (Lipinski definition) is 2. The molecule has 0 aromatic carbocycles. The zero-order chi connectivity index (χ0) is 12.1. The first-order chi connectivity index (χ1) is 8.28. The van der Waals surface area contributed by atoms with Crippen LogP contribution in [0, 0.1) is 5.92 Å². The number of nitrogens with one attached hydrogen (secondary N) is 2. The summed E-state index contributed by atoms with van der Waals surface area (Å²) < 4.78 is 0. The second kappa shape index (κ2) is 6.24. The van der Waals surface area contributed by atoms with E-state index in [0.717, 1.165) is 11.9 Å². The molecule has 98 valence electrons. The van der Waals surface area contributed by atoms with Crippen LogP contribution in [0.1, 0.15) is 58.3 Å². The molecule has 1 atom stereocenters. The van der Waals surface area contributed by atoms with E-state index in [9.17, 15) is 0 Å². The quantitative estimate of drug-likeness (QED) is 0.303. The highest BCUT2D eigenvalue weighted by Crippen LogP contribution is 2.33. The summed E-state index contributed by atoms with van der Waals surface area (Å²) in [6.07, 6.45) is 10.4. The smallest absolute Gasteiger partial charge is 0.206 e. The van der Waals surface area contributed by atoms with Crippen molar-refractivity contribution >= 4 is 5.96 Å². The van der Waals surface area contributed by atoms with Crippen molar-refractivity contribution in [3.8, 4) is 0 Å². The fourth-order valence-corrected chi connectivity index (χ4v) is 2.65. The summed E-state index contributed by atoms with van der Waals surface area (Å²) in [5, 5.41) is 3.40. The molecule has 0 amide bonds. The van der Waals surface area contributed by atoms with Crippen molar-refractivity contribution < 1.29 is 0 Å². The van der Waals surface area contributed by atoms with Crippen LogP contribution in [0.25, 0.3) is 0 Å². The van der Waals surface area contributed by atoms with Gasteiger partial charge in [-0.05, 0) is 32.1 Å². The van der Waals surface area contributed by atoms with E-state index in [4.69, 9.17) is 10.8 Å². The van der Waals surface area contributed by atoms with Crippen molar-refractivity contribution in [2.75, 3.05) is 0 Å². The molecule has 2 aliphatic rings. The van der Waals surface area contributed by atoms with E-state index in [-0.39, 0.29) is 0 Å². The van der Waals surface area contributed by atoms with Gasteiger partial charge in [-0.25, -0.2) is 10.8 Å². The van der Waals surface area contributed by atoms with Crippen LogP contribution in [-0.4, -0.2) is 18.0 Å². The Morgan fingerprint density at radius 3 is 2.53 bits per heavy atom. The van der Waals surface area contributed by atoms with E-state index in [1.165, 1.54) is 51.4 Å². The number of nitrogens with zero attached hydrogens (tertiary/aromatic N) is 1. The van der Waals surface area contributed by atoms with E-state index in [1.54, 1.807) is 0 Å². The standard InChI is InChI=1S/C13H26N4/c1-10(9-11-7-8-11)15-13(17-14)16-12-5-3-2-4-6-12/h10-12H,2-9,14H2,1H3,(H2,15,16,17). The highest BCUT2D eigenvalue weighted by Gasteiger charge is 2.24. The third-order valence-electron chi connectivity index (χ3n) is 3.79. The lowest BCUT2D eigenvalue weighted by atomic mass is 9.96. The lowest BCUT2D eigenvalue weighted by Crippen LogP contribution is -2.46. The van der Waals surface area contributed by atoms with Crippen LogP contribution in [0.5, 0.6) is 0 Å². The normalized spacial score (nSPS) is 24.5. The third kappa shape index (κ3) is 4.54. The minimum Gasteiger partial charge on any atom is -0.353 e. The van der Waals surface area contributed by atoms with Crippen LogP contribution in [0.2, 0.25) is 0 Å². The number of hydrazine groups is 1. The van der Waals surface area contributed by atoms with Crippen molar-refractivity contribution in [3.05, 3.63) is 0 Å². The zero-order valence-electron chi connectivity index (χ0n) is 10.9. The maximum Gasteiger partial charge on any atom is 0.206 e. The SMILES string of the molecule is CC(CC1CC1)NC(=NC1CCCCC1)NN. The van der Waals surface area contributed by atoms with Crippen molar-refractivity contribution in [3.63, 3.8) is 0 Å². The molecular formula is C13H26N4. The number of rotatable bonds is 4. The Bertz CT molecular complexity index is 254. The minimum absolute atomic E-state index is 0.468. The Hall–Kier alpha value is -0.770. The summed E-state index contributed by atoms with van der Waals surface area (Å²) in [5.74, 6) is 7.26. The highest BCUT2D eigenvalue weighted by molar-refractivity contribution is 5.79. The molecular weight excluding hydrogens is 212 g/mol. The van der Waals surface area contributed by atoms with Gasteiger partial charge in [0.1, 0.15) is 0 Å². The van der Waals surface area contributed by atoms with Gasteiger partial charge in [0.15, 0.2) is 0 Å². The minimum atomic E-state index is 0.468. The summed E-state index contributed by atoms with van der Waals surface area (Å²) in [4.78, 5) is 4.69. The summed E-state index contributed by atoms with van der Waals surface area (Å²) in [7, 11) is 0. The predicted molar refractivity (Wildman–Crippen MR) is 71.6 cm³/mol. The Balaban J connectivity index is 1.78. The van der Waals surface area contributed by atoms with Gasteiger partial charge in [0, 0.05) is 6.04 Å². The van der Waals surface area contributed by atoms with Gasteiger partial charge in [0.25, 0.3) is 0 Å². The van der Waals surface area contributed by atoms with Crippen LogP contribution in [0.4, 0.5) is 0 Å². The monoisotopic (exact) mass is 238 g/mol. The van der Waals surface area contributed by atoms with Gasteiger partial charge >= 0.3 is 0 Å². The van der Waals surface area contributed by atoms with Gasteiger partial charge < -0.3 is 5.32 Å². The molecule has 0 radical (unpaired) electrons. The second-order valence-electron chi connectivity index (χ2n) is 5.64. The third-order valence-corrected chi connectivity index (χ3v) is 3.79. The molecule has 0 aliphatic heterocycles.